The highest BCUT2D eigenvalue weighted by atomic mass is 16.5. The summed E-state index contributed by atoms with van der Waals surface area (Å²) in [6, 6.07) is 16.7. The van der Waals surface area contributed by atoms with E-state index in [1.165, 1.54) is 0 Å². The molecule has 1 fully saturated rings. The van der Waals surface area contributed by atoms with Crippen molar-refractivity contribution in [3.8, 4) is 28.8 Å². The largest absolute Gasteiger partial charge is 0.497 e. The molecule has 1 aliphatic rings. The van der Waals surface area contributed by atoms with Crippen LogP contribution in [0.1, 0.15) is 16.1 Å². The van der Waals surface area contributed by atoms with Crippen molar-refractivity contribution >= 4 is 17.8 Å². The number of carboxylic acid groups (broad SMARTS) is 2. The summed E-state index contributed by atoms with van der Waals surface area (Å²) in [6.45, 7) is 6.23. The molecular formula is C30H34N4O8. The number of benzene rings is 2. The first kappa shape index (κ1) is 31.6. The van der Waals surface area contributed by atoms with Gasteiger partial charge in [0, 0.05) is 67.8 Å². The fourth-order valence-corrected chi connectivity index (χ4v) is 4.00. The van der Waals surface area contributed by atoms with Crippen LogP contribution >= 0.6 is 0 Å². The van der Waals surface area contributed by atoms with E-state index in [1.54, 1.807) is 14.2 Å². The van der Waals surface area contributed by atoms with Crippen LogP contribution in [0, 0.1) is 6.92 Å². The summed E-state index contributed by atoms with van der Waals surface area (Å²) in [5.74, 6) is 0.269. The molecule has 0 aliphatic carbocycles. The molecule has 1 amide bonds. The van der Waals surface area contributed by atoms with Gasteiger partial charge >= 0.3 is 11.9 Å². The Morgan fingerprint density at radius 1 is 0.833 bits per heavy atom. The molecule has 2 heterocycles. The molecule has 1 saturated heterocycles. The number of aliphatic carboxylic acids is 2. The zero-order chi connectivity index (χ0) is 30.5. The molecule has 222 valence electrons. The molecule has 0 saturated carbocycles. The number of piperazine rings is 1. The van der Waals surface area contributed by atoms with Crippen molar-refractivity contribution < 1.29 is 38.8 Å². The third-order valence-electron chi connectivity index (χ3n) is 6.20. The molecule has 0 radical (unpaired) electrons. The second-order valence-corrected chi connectivity index (χ2v) is 9.12. The summed E-state index contributed by atoms with van der Waals surface area (Å²) in [5, 5.41) is 15.6. The van der Waals surface area contributed by atoms with Crippen LogP contribution in [0.5, 0.6) is 17.4 Å². The second kappa shape index (κ2) is 15.7. The van der Waals surface area contributed by atoms with E-state index in [1.807, 2.05) is 66.4 Å². The van der Waals surface area contributed by atoms with Crippen molar-refractivity contribution in [2.24, 2.45) is 0 Å². The maximum Gasteiger partial charge on any atom is 0.328 e. The molecule has 2 N–H and O–H groups in total. The number of carboxylic acids is 2. The maximum atomic E-state index is 12.7. The van der Waals surface area contributed by atoms with Gasteiger partial charge in [-0.2, -0.15) is 4.98 Å². The molecular weight excluding hydrogens is 544 g/mol. The third kappa shape index (κ3) is 9.89. The number of carbonyl (C=O) groups is 3. The zero-order valence-corrected chi connectivity index (χ0v) is 23.7. The highest BCUT2D eigenvalue weighted by Gasteiger charge is 2.22. The van der Waals surface area contributed by atoms with Crippen molar-refractivity contribution in [2.75, 3.05) is 53.6 Å². The lowest BCUT2D eigenvalue weighted by Crippen LogP contribution is -2.49. The van der Waals surface area contributed by atoms with E-state index >= 15 is 0 Å². The number of hydrogen-bond donors (Lipinski definition) is 2. The van der Waals surface area contributed by atoms with Gasteiger partial charge in [0.2, 0.25) is 5.88 Å². The van der Waals surface area contributed by atoms with Crippen LogP contribution in [0.2, 0.25) is 0 Å². The number of hydrogen-bond acceptors (Lipinski definition) is 9. The molecule has 0 spiro atoms. The zero-order valence-electron chi connectivity index (χ0n) is 23.7. The molecule has 4 rings (SSSR count). The van der Waals surface area contributed by atoms with E-state index < -0.39 is 11.9 Å². The number of aromatic nitrogens is 2. The molecule has 0 unspecified atom stereocenters. The Kier molecular flexibility index (Phi) is 11.8. The van der Waals surface area contributed by atoms with E-state index in [2.05, 4.69) is 14.9 Å². The molecule has 0 bridgehead atoms. The minimum absolute atomic E-state index is 0.0566. The minimum atomic E-state index is -1.26. The van der Waals surface area contributed by atoms with E-state index in [4.69, 9.17) is 24.4 Å². The van der Waals surface area contributed by atoms with Gasteiger partial charge in [-0.25, -0.2) is 14.6 Å². The van der Waals surface area contributed by atoms with Crippen molar-refractivity contribution in [3.63, 3.8) is 0 Å². The van der Waals surface area contributed by atoms with Crippen LogP contribution < -0.4 is 14.2 Å². The van der Waals surface area contributed by atoms with E-state index in [9.17, 15) is 14.4 Å². The normalized spacial score (nSPS) is 13.2. The summed E-state index contributed by atoms with van der Waals surface area (Å²) in [4.78, 5) is 45.1. The number of aryl methyl sites for hydroxylation is 1. The van der Waals surface area contributed by atoms with Crippen LogP contribution in [-0.2, 0) is 9.59 Å². The van der Waals surface area contributed by atoms with Gasteiger partial charge in [0.05, 0.1) is 14.2 Å². The predicted octanol–water partition coefficient (Wildman–Crippen LogP) is 3.02. The van der Waals surface area contributed by atoms with Gasteiger partial charge in [-0.3, -0.25) is 9.69 Å². The molecule has 2 aromatic carbocycles. The Hall–Kier alpha value is -4.97. The standard InChI is InChI=1S/C26H30N4O4.C4H4O4/c1-19-18-24(28-25(27-19)20-4-8-22(32-2)9-5-20)34-17-16-29-12-14-30(15-13-29)26(31)21-6-10-23(33-3)11-7-21;5-3(6)1-2-4(7)8/h4-11,18H,12-17H2,1-3H3;1-2H,(H,5,6)(H,7,8)/b;2-1-. The van der Waals surface area contributed by atoms with Crippen LogP contribution in [-0.4, -0.2) is 101 Å². The van der Waals surface area contributed by atoms with Crippen molar-refractivity contribution in [3.05, 3.63) is 78.0 Å². The van der Waals surface area contributed by atoms with E-state index in [0.717, 1.165) is 42.4 Å². The number of rotatable bonds is 10. The smallest absolute Gasteiger partial charge is 0.328 e. The van der Waals surface area contributed by atoms with Crippen molar-refractivity contribution in [1.82, 2.24) is 19.8 Å². The third-order valence-corrected chi connectivity index (χ3v) is 6.20. The summed E-state index contributed by atoms with van der Waals surface area (Å²) in [6.07, 6.45) is 1.12. The van der Waals surface area contributed by atoms with Gasteiger partial charge in [0.25, 0.3) is 5.91 Å². The summed E-state index contributed by atoms with van der Waals surface area (Å²) < 4.78 is 16.3. The highest BCUT2D eigenvalue weighted by molar-refractivity contribution is 5.94. The Morgan fingerprint density at radius 3 is 1.90 bits per heavy atom. The van der Waals surface area contributed by atoms with Crippen molar-refractivity contribution in [2.45, 2.75) is 6.92 Å². The molecule has 42 heavy (non-hydrogen) atoms. The first-order chi connectivity index (χ1) is 20.2. The van der Waals surface area contributed by atoms with Gasteiger partial charge in [-0.1, -0.05) is 0 Å². The molecule has 12 nitrogen and oxygen atoms in total. The fraction of sp³-hybridized carbons (Fsp3) is 0.300. The summed E-state index contributed by atoms with van der Waals surface area (Å²) in [7, 11) is 3.26. The molecule has 1 aromatic heterocycles. The number of carbonyl (C=O) groups excluding carboxylic acids is 1. The second-order valence-electron chi connectivity index (χ2n) is 9.12. The topological polar surface area (TPSA) is 152 Å². The van der Waals surface area contributed by atoms with E-state index in [-0.39, 0.29) is 5.91 Å². The first-order valence-electron chi connectivity index (χ1n) is 13.1. The van der Waals surface area contributed by atoms with Gasteiger partial charge < -0.3 is 29.3 Å². The SMILES string of the molecule is COc1ccc(C(=O)N2CCN(CCOc3cc(C)nc(-c4ccc(OC)cc4)n3)CC2)cc1.O=C(O)/C=C\C(=O)O. The number of ether oxygens (including phenoxy) is 3. The van der Waals surface area contributed by atoms with Crippen molar-refractivity contribution in [1.29, 1.82) is 0 Å². The lowest BCUT2D eigenvalue weighted by molar-refractivity contribution is -0.134. The Labute approximate surface area is 243 Å². The van der Waals surface area contributed by atoms with Gasteiger partial charge in [-0.15, -0.1) is 0 Å². The van der Waals surface area contributed by atoms with Crippen LogP contribution in [0.3, 0.4) is 0 Å². The quantitative estimate of drug-likeness (QED) is 0.342. The van der Waals surface area contributed by atoms with Gasteiger partial charge in [0.1, 0.15) is 18.1 Å². The van der Waals surface area contributed by atoms with Crippen LogP contribution in [0.4, 0.5) is 0 Å². The van der Waals surface area contributed by atoms with Gasteiger partial charge in [-0.05, 0) is 55.5 Å². The molecule has 12 heteroatoms. The lowest BCUT2D eigenvalue weighted by Gasteiger charge is -2.34. The molecule has 1 aliphatic heterocycles. The highest BCUT2D eigenvalue weighted by Crippen LogP contribution is 2.22. The average molecular weight is 579 g/mol. The molecule has 3 aromatic rings. The summed E-state index contributed by atoms with van der Waals surface area (Å²) in [5.41, 5.74) is 2.44. The Balaban J connectivity index is 0.000000531. The predicted molar refractivity (Wildman–Crippen MR) is 154 cm³/mol. The lowest BCUT2D eigenvalue weighted by atomic mass is 10.1. The van der Waals surface area contributed by atoms with Crippen LogP contribution in [0.25, 0.3) is 11.4 Å². The Bertz CT molecular complexity index is 1350. The average Bonchev–Trinajstić information content (AvgIpc) is 3.00. The summed E-state index contributed by atoms with van der Waals surface area (Å²) >= 11 is 0. The number of amides is 1. The number of methoxy groups -OCH3 is 2. The number of nitrogens with zero attached hydrogens (tertiary/aromatic N) is 4. The van der Waals surface area contributed by atoms with Crippen LogP contribution in [0.15, 0.2) is 66.7 Å². The van der Waals surface area contributed by atoms with Gasteiger partial charge in [0.15, 0.2) is 5.82 Å². The maximum absolute atomic E-state index is 12.7. The Morgan fingerprint density at radius 2 is 1.38 bits per heavy atom. The van der Waals surface area contributed by atoms with E-state index in [0.29, 0.717) is 49.1 Å². The molecule has 0 atom stereocenters. The fourth-order valence-electron chi connectivity index (χ4n) is 4.00. The minimum Gasteiger partial charge on any atom is -0.497 e. The first-order valence-corrected chi connectivity index (χ1v) is 13.1. The monoisotopic (exact) mass is 578 g/mol.